The summed E-state index contributed by atoms with van der Waals surface area (Å²) in [5.41, 5.74) is 4.18. The van der Waals surface area contributed by atoms with E-state index >= 15 is 0 Å². The Morgan fingerprint density at radius 3 is 2.49 bits per heavy atom. The van der Waals surface area contributed by atoms with E-state index in [0.29, 0.717) is 28.1 Å². The number of aliphatic hydroxyl groups is 2. The van der Waals surface area contributed by atoms with Crippen molar-refractivity contribution >= 4 is 22.4 Å². The highest BCUT2D eigenvalue weighted by molar-refractivity contribution is 5.91. The molecule has 6 N–H and O–H groups in total. The number of ether oxygens (including phenoxy) is 2. The molecule has 11 heteroatoms. The number of hydrogen-bond donors (Lipinski definition) is 5. The van der Waals surface area contributed by atoms with Crippen LogP contribution in [0.25, 0.3) is 10.9 Å². The van der Waals surface area contributed by atoms with Crippen molar-refractivity contribution in [3.63, 3.8) is 0 Å². The monoisotopic (exact) mass is 492 g/mol. The number of aromatic hydroxyl groups is 1. The van der Waals surface area contributed by atoms with Gasteiger partial charge in [-0.1, -0.05) is 0 Å². The van der Waals surface area contributed by atoms with Gasteiger partial charge in [0.1, 0.15) is 23.3 Å². The minimum Gasteiger partial charge on any atom is -0.504 e. The topological polar surface area (TPSA) is 143 Å². The van der Waals surface area contributed by atoms with Gasteiger partial charge in [-0.3, -0.25) is 0 Å². The molecule has 0 aliphatic heterocycles. The van der Waals surface area contributed by atoms with Gasteiger partial charge < -0.3 is 35.8 Å². The first-order valence-electron chi connectivity index (χ1n) is 10.9. The van der Waals surface area contributed by atoms with Crippen LogP contribution in [0.3, 0.4) is 0 Å². The van der Waals surface area contributed by atoms with Crippen molar-refractivity contribution < 1.29 is 33.6 Å². The number of aryl methyl sites for hydroxylation is 1. The van der Waals surface area contributed by atoms with E-state index < -0.39 is 23.2 Å². The number of rotatable bonds is 10. The zero-order valence-corrected chi connectivity index (χ0v) is 20.0. The molecule has 0 spiro atoms. The third-order valence-corrected chi connectivity index (χ3v) is 5.34. The molecule has 0 radical (unpaired) electrons. The molecule has 0 fully saturated rings. The first-order chi connectivity index (χ1) is 16.3. The standard InChI is InChI=1S/C24H30F2N4O5/c1-13-29-19-9-20(32)21(35-17(11-31)12-34-4)8-18(19)22(30-13)28-10-14-5-15(7-16(27)6-14)24(25,26)23(2,3)33/h5-9,17,31-33H,10-12,27H2,1-4H3,(H,28,29,30). The predicted molar refractivity (Wildman–Crippen MR) is 128 cm³/mol. The maximum Gasteiger partial charge on any atom is 0.300 e. The minimum atomic E-state index is -3.52. The molecular formula is C24H30F2N4O5. The van der Waals surface area contributed by atoms with Crippen LogP contribution in [-0.2, 0) is 17.2 Å². The Bertz CT molecular complexity index is 1200. The van der Waals surface area contributed by atoms with Gasteiger partial charge in [0, 0.05) is 36.4 Å². The zero-order chi connectivity index (χ0) is 26.0. The fourth-order valence-electron chi connectivity index (χ4n) is 3.52. The Hall–Kier alpha value is -3.28. The van der Waals surface area contributed by atoms with E-state index in [-0.39, 0.29) is 36.9 Å². The van der Waals surface area contributed by atoms with E-state index in [1.54, 1.807) is 13.0 Å². The summed E-state index contributed by atoms with van der Waals surface area (Å²) in [5, 5.41) is 33.4. The van der Waals surface area contributed by atoms with Crippen LogP contribution in [-0.4, -0.2) is 57.3 Å². The minimum absolute atomic E-state index is 0.0888. The lowest BCUT2D eigenvalue weighted by atomic mass is 9.92. The average Bonchev–Trinajstić information content (AvgIpc) is 2.76. The lowest BCUT2D eigenvalue weighted by Gasteiger charge is -2.29. The molecular weight excluding hydrogens is 462 g/mol. The van der Waals surface area contributed by atoms with Crippen molar-refractivity contribution in [3.8, 4) is 11.5 Å². The Morgan fingerprint density at radius 1 is 1.14 bits per heavy atom. The smallest absolute Gasteiger partial charge is 0.300 e. The number of phenolic OH excluding ortho intramolecular Hbond substituents is 1. The number of benzene rings is 2. The van der Waals surface area contributed by atoms with E-state index in [2.05, 4.69) is 15.3 Å². The summed E-state index contributed by atoms with van der Waals surface area (Å²) in [6.07, 6.45) is -0.700. The Labute approximate surface area is 201 Å². The number of fused-ring (bicyclic) bond motifs is 1. The highest BCUT2D eigenvalue weighted by atomic mass is 19.3. The molecule has 2 aromatic carbocycles. The maximum atomic E-state index is 14.7. The third kappa shape index (κ3) is 5.87. The lowest BCUT2D eigenvalue weighted by Crippen LogP contribution is -2.40. The van der Waals surface area contributed by atoms with E-state index in [1.807, 2.05) is 0 Å². The van der Waals surface area contributed by atoms with Gasteiger partial charge in [-0.25, -0.2) is 9.97 Å². The number of methoxy groups -OCH3 is 1. The second kappa shape index (κ2) is 10.1. The quantitative estimate of drug-likeness (QED) is 0.270. The number of aromatic nitrogens is 2. The highest BCUT2D eigenvalue weighted by Gasteiger charge is 2.47. The average molecular weight is 493 g/mol. The number of phenols is 1. The van der Waals surface area contributed by atoms with Crippen LogP contribution < -0.4 is 15.8 Å². The highest BCUT2D eigenvalue weighted by Crippen LogP contribution is 2.40. The molecule has 0 bridgehead atoms. The lowest BCUT2D eigenvalue weighted by molar-refractivity contribution is -0.168. The second-order valence-electron chi connectivity index (χ2n) is 8.78. The number of hydrogen-bond acceptors (Lipinski definition) is 9. The van der Waals surface area contributed by atoms with E-state index in [4.69, 9.17) is 15.2 Å². The zero-order valence-electron chi connectivity index (χ0n) is 20.0. The molecule has 190 valence electrons. The van der Waals surface area contributed by atoms with Crippen LogP contribution in [0, 0.1) is 6.92 Å². The fraction of sp³-hybridized carbons (Fsp3) is 0.417. The Balaban J connectivity index is 1.95. The first kappa shape index (κ1) is 26.3. The maximum absolute atomic E-state index is 14.7. The molecule has 0 aliphatic rings. The summed E-state index contributed by atoms with van der Waals surface area (Å²) < 4.78 is 40.1. The molecule has 9 nitrogen and oxygen atoms in total. The summed E-state index contributed by atoms with van der Waals surface area (Å²) in [6.45, 7) is 3.62. The van der Waals surface area contributed by atoms with Crippen LogP contribution in [0.4, 0.5) is 20.3 Å². The first-order valence-corrected chi connectivity index (χ1v) is 10.9. The number of anilines is 2. The normalized spacial score (nSPS) is 13.1. The van der Waals surface area contributed by atoms with Gasteiger partial charge in [-0.05, 0) is 50.6 Å². The second-order valence-corrected chi connectivity index (χ2v) is 8.78. The number of nitrogen functional groups attached to an aromatic ring is 1. The summed E-state index contributed by atoms with van der Waals surface area (Å²) in [5.74, 6) is -2.80. The number of aliphatic hydroxyl groups excluding tert-OH is 1. The predicted octanol–water partition coefficient (Wildman–Crippen LogP) is 3.09. The molecule has 0 saturated carbocycles. The third-order valence-electron chi connectivity index (χ3n) is 5.34. The van der Waals surface area contributed by atoms with Crippen LogP contribution in [0.2, 0.25) is 0 Å². The van der Waals surface area contributed by atoms with Gasteiger partial charge in [0.15, 0.2) is 11.5 Å². The number of nitrogens with two attached hydrogens (primary N) is 1. The van der Waals surface area contributed by atoms with Gasteiger partial charge in [0.2, 0.25) is 0 Å². The van der Waals surface area contributed by atoms with Crippen LogP contribution >= 0.6 is 0 Å². The van der Waals surface area contributed by atoms with Crippen molar-refractivity contribution in [2.75, 3.05) is 31.4 Å². The van der Waals surface area contributed by atoms with Gasteiger partial charge in [-0.2, -0.15) is 8.78 Å². The van der Waals surface area contributed by atoms with E-state index in [9.17, 15) is 24.1 Å². The molecule has 1 unspecified atom stereocenters. The van der Waals surface area contributed by atoms with Gasteiger partial charge in [0.25, 0.3) is 0 Å². The fourth-order valence-corrected chi connectivity index (χ4v) is 3.52. The SMILES string of the molecule is COCC(CO)Oc1cc2c(NCc3cc(N)cc(C(F)(F)C(C)(C)O)c3)nc(C)nc2cc1O. The molecule has 0 saturated heterocycles. The molecule has 35 heavy (non-hydrogen) atoms. The van der Waals surface area contributed by atoms with Crippen molar-refractivity contribution in [3.05, 3.63) is 47.3 Å². The molecule has 1 atom stereocenters. The summed E-state index contributed by atoms with van der Waals surface area (Å²) in [7, 11) is 1.46. The summed E-state index contributed by atoms with van der Waals surface area (Å²) in [4.78, 5) is 8.73. The number of alkyl halides is 2. The van der Waals surface area contributed by atoms with E-state index in [0.717, 1.165) is 19.9 Å². The van der Waals surface area contributed by atoms with Crippen LogP contribution in [0.15, 0.2) is 30.3 Å². The molecule has 1 heterocycles. The van der Waals surface area contributed by atoms with Crippen LogP contribution in [0.5, 0.6) is 11.5 Å². The van der Waals surface area contributed by atoms with Gasteiger partial charge in [0.05, 0.1) is 18.7 Å². The van der Waals surface area contributed by atoms with Crippen molar-refractivity contribution in [2.24, 2.45) is 0 Å². The largest absolute Gasteiger partial charge is 0.504 e. The molecule has 0 amide bonds. The van der Waals surface area contributed by atoms with Gasteiger partial charge >= 0.3 is 5.92 Å². The van der Waals surface area contributed by atoms with Crippen molar-refractivity contribution in [2.45, 2.75) is 44.9 Å². The number of nitrogens with zero attached hydrogens (tertiary/aromatic N) is 2. The molecule has 3 aromatic rings. The Kier molecular flexibility index (Phi) is 7.63. The van der Waals surface area contributed by atoms with Crippen molar-refractivity contribution in [1.82, 2.24) is 9.97 Å². The molecule has 3 rings (SSSR count). The Morgan fingerprint density at radius 2 is 1.86 bits per heavy atom. The molecule has 1 aromatic heterocycles. The van der Waals surface area contributed by atoms with Gasteiger partial charge in [-0.15, -0.1) is 0 Å². The van der Waals surface area contributed by atoms with E-state index in [1.165, 1.54) is 25.3 Å². The molecule has 0 aliphatic carbocycles. The number of nitrogens with one attached hydrogen (secondary N) is 1. The summed E-state index contributed by atoms with van der Waals surface area (Å²) in [6, 6.07) is 6.89. The van der Waals surface area contributed by atoms with Crippen LogP contribution in [0.1, 0.15) is 30.8 Å². The number of halogens is 2. The summed E-state index contributed by atoms with van der Waals surface area (Å²) >= 11 is 0. The van der Waals surface area contributed by atoms with Crippen molar-refractivity contribution in [1.29, 1.82) is 0 Å².